The number of hydrogen-bond acceptors (Lipinski definition) is 7. The maximum Gasteiger partial charge on any atom is 0.417 e. The first-order valence-electron chi connectivity index (χ1n) is 9.86. The predicted molar refractivity (Wildman–Crippen MR) is 127 cm³/mol. The van der Waals surface area contributed by atoms with Crippen LogP contribution in [0, 0.1) is 16.6 Å². The zero-order valence-electron chi connectivity index (χ0n) is 17.4. The van der Waals surface area contributed by atoms with Gasteiger partial charge in [0.25, 0.3) is 0 Å². The third-order valence-corrected chi connectivity index (χ3v) is 6.14. The molecule has 33 heavy (non-hydrogen) atoms. The molecule has 3 N–H and O–H groups in total. The molecule has 0 radical (unpaired) electrons. The van der Waals surface area contributed by atoms with E-state index in [9.17, 15) is 9.00 Å². The molecule has 5 rings (SSSR count). The van der Waals surface area contributed by atoms with E-state index in [1.54, 1.807) is 54.9 Å². The summed E-state index contributed by atoms with van der Waals surface area (Å²) in [7, 11) is -2.76. The van der Waals surface area contributed by atoms with E-state index in [2.05, 4.69) is 32.1 Å². The topological polar surface area (TPSA) is 125 Å². The Morgan fingerprint density at radius 2 is 1.88 bits per heavy atom. The third-order valence-electron chi connectivity index (χ3n) is 4.97. The van der Waals surface area contributed by atoms with Crippen LogP contribution in [0.25, 0.3) is 21.9 Å². The second-order valence-electron chi connectivity index (χ2n) is 7.42. The standard InChI is InChI=1S/C24H17N5O3S/c1-33(25,31)18-6-4-17(5-7-18)28-23-13-19-16(14-27-23)10-11-26-20(19)8-2-15-3-9-22-21(12-15)29-24(30)32-22/h3-7,9-14,25H,1H3,(H,27,28)(H,29,30). The summed E-state index contributed by atoms with van der Waals surface area (Å²) in [4.78, 5) is 23.3. The highest BCUT2D eigenvalue weighted by Gasteiger charge is 2.06. The summed E-state index contributed by atoms with van der Waals surface area (Å²) in [5, 5.41) is 4.94. The Hall–Kier alpha value is -4.42. The number of oxazole rings is 1. The Bertz CT molecular complexity index is 1740. The SMILES string of the molecule is CS(=N)(=O)c1ccc(Nc2cc3c(C#Cc4ccc5oc(=O)[nH]c5c4)nccc3cn2)cc1. The number of aromatic amines is 1. The van der Waals surface area contributed by atoms with Crippen LogP contribution in [0.4, 0.5) is 11.5 Å². The molecule has 162 valence electrons. The minimum Gasteiger partial charge on any atom is -0.408 e. The van der Waals surface area contributed by atoms with E-state index in [0.29, 0.717) is 33.1 Å². The Balaban J connectivity index is 1.47. The lowest BCUT2D eigenvalue weighted by Crippen LogP contribution is -1.97. The lowest BCUT2D eigenvalue weighted by molar-refractivity contribution is 0.555. The molecule has 0 spiro atoms. The van der Waals surface area contributed by atoms with Crippen LogP contribution in [-0.2, 0) is 9.73 Å². The van der Waals surface area contributed by atoms with E-state index in [-0.39, 0.29) is 0 Å². The first kappa shape index (κ1) is 20.5. The number of anilines is 2. The van der Waals surface area contributed by atoms with Crippen molar-refractivity contribution in [3.05, 3.63) is 88.8 Å². The average molecular weight is 455 g/mol. The summed E-state index contributed by atoms with van der Waals surface area (Å²) < 4.78 is 24.6. The molecule has 8 nitrogen and oxygen atoms in total. The molecule has 0 saturated carbocycles. The van der Waals surface area contributed by atoms with Crippen LogP contribution in [-0.4, -0.2) is 25.4 Å². The lowest BCUT2D eigenvalue weighted by Gasteiger charge is -2.08. The Labute approximate surface area is 188 Å². The van der Waals surface area contributed by atoms with E-state index in [0.717, 1.165) is 16.5 Å². The molecule has 0 aliphatic carbocycles. The van der Waals surface area contributed by atoms with Crippen molar-refractivity contribution < 1.29 is 8.63 Å². The molecule has 0 amide bonds. The van der Waals surface area contributed by atoms with E-state index >= 15 is 0 Å². The van der Waals surface area contributed by atoms with Gasteiger partial charge in [0.15, 0.2) is 5.58 Å². The predicted octanol–water partition coefficient (Wildman–Crippen LogP) is 4.24. The molecule has 0 fully saturated rings. The van der Waals surface area contributed by atoms with Gasteiger partial charge in [-0.25, -0.2) is 23.8 Å². The van der Waals surface area contributed by atoms with Gasteiger partial charge in [-0.05, 0) is 60.5 Å². The highest BCUT2D eigenvalue weighted by molar-refractivity contribution is 7.91. The minimum absolute atomic E-state index is 0.471. The maximum atomic E-state index is 11.9. The lowest BCUT2D eigenvalue weighted by atomic mass is 10.1. The van der Waals surface area contributed by atoms with Crippen molar-refractivity contribution in [2.45, 2.75) is 4.90 Å². The van der Waals surface area contributed by atoms with Crippen LogP contribution >= 0.6 is 0 Å². The van der Waals surface area contributed by atoms with Crippen molar-refractivity contribution in [1.82, 2.24) is 15.0 Å². The molecule has 0 aliphatic rings. The van der Waals surface area contributed by atoms with E-state index in [4.69, 9.17) is 9.20 Å². The molecule has 0 saturated heterocycles. The Morgan fingerprint density at radius 1 is 1.06 bits per heavy atom. The number of pyridine rings is 2. The average Bonchev–Trinajstić information content (AvgIpc) is 3.16. The fraction of sp³-hybridized carbons (Fsp3) is 0.0417. The molecule has 5 aromatic rings. The van der Waals surface area contributed by atoms with Crippen LogP contribution < -0.4 is 11.1 Å². The minimum atomic E-state index is -2.76. The van der Waals surface area contributed by atoms with E-state index in [1.807, 2.05) is 12.1 Å². The van der Waals surface area contributed by atoms with Gasteiger partial charge < -0.3 is 9.73 Å². The molecule has 9 heteroatoms. The first-order chi connectivity index (χ1) is 15.8. The van der Waals surface area contributed by atoms with Gasteiger partial charge in [-0.1, -0.05) is 5.92 Å². The quantitative estimate of drug-likeness (QED) is 0.350. The van der Waals surface area contributed by atoms with Gasteiger partial charge in [-0.2, -0.15) is 0 Å². The number of rotatable bonds is 3. The molecule has 3 aromatic heterocycles. The van der Waals surface area contributed by atoms with Crippen LogP contribution in [0.2, 0.25) is 0 Å². The van der Waals surface area contributed by atoms with Gasteiger partial charge in [0.1, 0.15) is 11.5 Å². The number of nitrogens with one attached hydrogen (secondary N) is 3. The number of hydrogen-bond donors (Lipinski definition) is 3. The molecule has 1 atom stereocenters. The second kappa shape index (κ2) is 7.93. The van der Waals surface area contributed by atoms with Gasteiger partial charge in [0.2, 0.25) is 0 Å². The molecule has 3 heterocycles. The summed E-state index contributed by atoms with van der Waals surface area (Å²) in [5.41, 5.74) is 3.13. The highest BCUT2D eigenvalue weighted by Crippen LogP contribution is 2.23. The fourth-order valence-electron chi connectivity index (χ4n) is 3.34. The van der Waals surface area contributed by atoms with Crippen molar-refractivity contribution >= 4 is 43.1 Å². The van der Waals surface area contributed by atoms with Gasteiger partial charge in [-0.15, -0.1) is 0 Å². The number of H-pyrrole nitrogens is 1. The number of fused-ring (bicyclic) bond motifs is 2. The van der Waals surface area contributed by atoms with E-state index in [1.165, 1.54) is 6.26 Å². The van der Waals surface area contributed by atoms with E-state index < -0.39 is 15.5 Å². The van der Waals surface area contributed by atoms with Crippen molar-refractivity contribution in [2.75, 3.05) is 11.6 Å². The number of nitrogens with zero attached hydrogens (tertiary/aromatic N) is 2. The summed E-state index contributed by atoms with van der Waals surface area (Å²) >= 11 is 0. The smallest absolute Gasteiger partial charge is 0.408 e. The zero-order chi connectivity index (χ0) is 23.0. The summed E-state index contributed by atoms with van der Waals surface area (Å²) in [6.07, 6.45) is 4.81. The van der Waals surface area contributed by atoms with Crippen LogP contribution in [0.15, 0.2) is 81.1 Å². The van der Waals surface area contributed by atoms with Gasteiger partial charge >= 0.3 is 5.76 Å². The summed E-state index contributed by atoms with van der Waals surface area (Å²) in [6, 6.07) is 15.8. The van der Waals surface area contributed by atoms with Gasteiger partial charge in [0.05, 0.1) is 15.2 Å². The Morgan fingerprint density at radius 3 is 2.67 bits per heavy atom. The molecule has 1 unspecified atom stereocenters. The second-order valence-corrected chi connectivity index (χ2v) is 9.58. The van der Waals surface area contributed by atoms with Crippen molar-refractivity contribution in [2.24, 2.45) is 0 Å². The highest BCUT2D eigenvalue weighted by atomic mass is 32.2. The third kappa shape index (κ3) is 4.33. The molecule has 2 aromatic carbocycles. The summed E-state index contributed by atoms with van der Waals surface area (Å²) in [5.74, 6) is 6.28. The number of benzene rings is 2. The Kier molecular flexibility index (Phi) is 4.92. The van der Waals surface area contributed by atoms with Crippen molar-refractivity contribution in [1.29, 1.82) is 4.78 Å². The molecule has 0 bridgehead atoms. The molecular weight excluding hydrogens is 438 g/mol. The molecule has 0 aliphatic heterocycles. The van der Waals surface area contributed by atoms with Crippen LogP contribution in [0.1, 0.15) is 11.3 Å². The van der Waals surface area contributed by atoms with Gasteiger partial charge in [-0.3, -0.25) is 4.98 Å². The molecular formula is C24H17N5O3S. The van der Waals surface area contributed by atoms with Crippen LogP contribution in [0.3, 0.4) is 0 Å². The van der Waals surface area contributed by atoms with Crippen molar-refractivity contribution in [3.63, 3.8) is 0 Å². The monoisotopic (exact) mass is 455 g/mol. The normalized spacial score (nSPS) is 12.8. The van der Waals surface area contributed by atoms with Crippen LogP contribution in [0.5, 0.6) is 0 Å². The zero-order valence-corrected chi connectivity index (χ0v) is 18.2. The fourth-order valence-corrected chi connectivity index (χ4v) is 4.00. The summed E-state index contributed by atoms with van der Waals surface area (Å²) in [6.45, 7) is 0. The largest absolute Gasteiger partial charge is 0.417 e. The first-order valence-corrected chi connectivity index (χ1v) is 11.8. The number of aromatic nitrogens is 3. The maximum absolute atomic E-state index is 11.9. The van der Waals surface area contributed by atoms with Gasteiger partial charge in [0, 0.05) is 45.6 Å². The van der Waals surface area contributed by atoms with Crippen molar-refractivity contribution in [3.8, 4) is 11.8 Å².